The number of hydrogen-bond acceptors (Lipinski definition) is 5. The predicted octanol–water partition coefficient (Wildman–Crippen LogP) is 7.11. The fourth-order valence-corrected chi connectivity index (χ4v) is 11.3. The second-order valence-electron chi connectivity index (χ2n) is 15.6. The molecule has 0 heterocycles. The van der Waals surface area contributed by atoms with Crippen LogP contribution in [-0.4, -0.2) is 36.4 Å². The Morgan fingerprint density at radius 2 is 1.64 bits per heavy atom. The van der Waals surface area contributed by atoms with Crippen LogP contribution in [0.5, 0.6) is 0 Å². The first kappa shape index (κ1) is 29.1. The summed E-state index contributed by atoms with van der Waals surface area (Å²) in [4.78, 5) is 26.0. The summed E-state index contributed by atoms with van der Waals surface area (Å²) in [5, 5.41) is 11.0. The van der Waals surface area contributed by atoms with Crippen LogP contribution >= 0.6 is 0 Å². The van der Waals surface area contributed by atoms with Crippen molar-refractivity contribution in [2.24, 2.45) is 56.7 Å². The van der Waals surface area contributed by atoms with Gasteiger partial charge in [-0.1, -0.05) is 60.1 Å². The molecule has 0 aliphatic heterocycles. The van der Waals surface area contributed by atoms with Crippen LogP contribution in [0.3, 0.4) is 0 Å². The number of hydrogen-bond donors (Lipinski definition) is 1. The van der Waals surface area contributed by atoms with Crippen molar-refractivity contribution in [2.75, 3.05) is 13.2 Å². The van der Waals surface area contributed by atoms with Crippen LogP contribution in [0, 0.1) is 56.7 Å². The molecule has 0 radical (unpaired) electrons. The highest BCUT2D eigenvalue weighted by molar-refractivity contribution is 5.82. The van der Waals surface area contributed by atoms with Crippen LogP contribution in [0.4, 0.5) is 0 Å². The summed E-state index contributed by atoms with van der Waals surface area (Å²) in [6, 6.07) is 0. The Hall–Kier alpha value is -1.36. The lowest BCUT2D eigenvalue weighted by molar-refractivity contribution is -0.207. The maximum atomic E-state index is 13.9. The number of aliphatic hydroxyl groups is 1. The Kier molecular flexibility index (Phi) is 7.17. The quantitative estimate of drug-likeness (QED) is 0.303. The van der Waals surface area contributed by atoms with Gasteiger partial charge in [0.15, 0.2) is 6.61 Å². The van der Waals surface area contributed by atoms with E-state index in [1.807, 2.05) is 0 Å². The van der Waals surface area contributed by atoms with Crippen LogP contribution in [0.25, 0.3) is 0 Å². The van der Waals surface area contributed by atoms with Gasteiger partial charge in [-0.25, -0.2) is 4.79 Å². The number of rotatable bonds is 4. The fraction of sp³-hybridized carbons (Fsp3) is 0.882. The van der Waals surface area contributed by atoms with Crippen molar-refractivity contribution in [1.82, 2.24) is 0 Å². The molecule has 5 aliphatic rings. The molecule has 39 heavy (non-hydrogen) atoms. The monoisotopic (exact) mass is 542 g/mol. The highest BCUT2D eigenvalue weighted by Gasteiger charge is 2.69. The lowest BCUT2D eigenvalue weighted by Gasteiger charge is -2.71. The van der Waals surface area contributed by atoms with Crippen LogP contribution in [0.1, 0.15) is 113 Å². The summed E-state index contributed by atoms with van der Waals surface area (Å²) < 4.78 is 10.8. The van der Waals surface area contributed by atoms with Crippen molar-refractivity contribution in [3.63, 3.8) is 0 Å². The van der Waals surface area contributed by atoms with E-state index in [-0.39, 0.29) is 46.3 Å². The van der Waals surface area contributed by atoms with E-state index in [1.165, 1.54) is 18.4 Å². The van der Waals surface area contributed by atoms with Gasteiger partial charge >= 0.3 is 11.9 Å². The molecule has 5 heteroatoms. The van der Waals surface area contributed by atoms with Crippen molar-refractivity contribution in [3.05, 3.63) is 11.6 Å². The summed E-state index contributed by atoms with van der Waals surface area (Å²) >= 11 is 0. The van der Waals surface area contributed by atoms with Gasteiger partial charge in [-0.05, 0) is 116 Å². The van der Waals surface area contributed by atoms with Gasteiger partial charge in [-0.15, -0.1) is 0 Å². The molecule has 220 valence electrons. The molecule has 0 amide bonds. The second-order valence-corrected chi connectivity index (χ2v) is 15.6. The summed E-state index contributed by atoms with van der Waals surface area (Å²) in [5.41, 5.74) is 1.30. The van der Waals surface area contributed by atoms with E-state index >= 15 is 0 Å². The van der Waals surface area contributed by atoms with E-state index in [0.717, 1.165) is 44.9 Å². The molecule has 0 aromatic heterocycles. The van der Waals surface area contributed by atoms with E-state index in [2.05, 4.69) is 54.5 Å². The van der Waals surface area contributed by atoms with Crippen LogP contribution in [0.15, 0.2) is 11.6 Å². The Balaban J connectivity index is 1.53. The standard InChI is InChI=1S/C34H54O5/c1-9-38-27(36)20-39-29(37)34-17-12-21(2)22(3)28(34)23-10-11-25-31(6)15-14-26(35)30(4,5)24(31)13-16-33(25,8)32(23,7)18-19-34/h10,21-22,24-26,28,35H,9,11-20H2,1-8H3/t21-,22+,24+,25-,26+,28+,31+,32-,33-,34+/m1/s1. The Morgan fingerprint density at radius 1 is 0.923 bits per heavy atom. The van der Waals surface area contributed by atoms with Crippen molar-refractivity contribution in [3.8, 4) is 0 Å². The smallest absolute Gasteiger partial charge is 0.344 e. The number of carbonyl (C=O) groups is 2. The third-order valence-corrected chi connectivity index (χ3v) is 14.0. The molecular weight excluding hydrogens is 488 g/mol. The first-order chi connectivity index (χ1) is 18.2. The summed E-state index contributed by atoms with van der Waals surface area (Å²) in [7, 11) is 0. The summed E-state index contributed by atoms with van der Waals surface area (Å²) in [6.07, 6.45) is 11.4. The maximum Gasteiger partial charge on any atom is 0.344 e. The van der Waals surface area contributed by atoms with Gasteiger partial charge in [-0.2, -0.15) is 0 Å². The van der Waals surface area contributed by atoms with Crippen molar-refractivity contribution in [1.29, 1.82) is 0 Å². The highest BCUT2D eigenvalue weighted by atomic mass is 16.6. The van der Waals surface area contributed by atoms with Gasteiger partial charge in [-0.3, -0.25) is 4.79 Å². The largest absolute Gasteiger partial charge is 0.463 e. The molecular formula is C34H54O5. The predicted molar refractivity (Wildman–Crippen MR) is 153 cm³/mol. The third kappa shape index (κ3) is 3.94. The molecule has 4 fully saturated rings. The minimum Gasteiger partial charge on any atom is -0.463 e. The van der Waals surface area contributed by atoms with Gasteiger partial charge in [0.1, 0.15) is 0 Å². The molecule has 5 nitrogen and oxygen atoms in total. The van der Waals surface area contributed by atoms with Gasteiger partial charge in [0.2, 0.25) is 0 Å². The lowest BCUT2D eigenvalue weighted by Crippen LogP contribution is -2.65. The number of fused-ring (bicyclic) bond motifs is 7. The zero-order valence-electron chi connectivity index (χ0n) is 25.9. The zero-order valence-corrected chi connectivity index (χ0v) is 25.9. The Labute approximate surface area is 236 Å². The normalized spacial score (nSPS) is 48.4. The highest BCUT2D eigenvalue weighted by Crippen LogP contribution is 2.75. The molecule has 10 atom stereocenters. The summed E-state index contributed by atoms with van der Waals surface area (Å²) in [6.45, 7) is 18.7. The van der Waals surface area contributed by atoms with Gasteiger partial charge in [0.25, 0.3) is 0 Å². The van der Waals surface area contributed by atoms with Crippen molar-refractivity contribution in [2.45, 2.75) is 119 Å². The summed E-state index contributed by atoms with van der Waals surface area (Å²) in [5.74, 6) is 1.54. The van der Waals surface area contributed by atoms with Gasteiger partial charge in [0, 0.05) is 0 Å². The van der Waals surface area contributed by atoms with Crippen molar-refractivity contribution < 1.29 is 24.2 Å². The number of esters is 2. The van der Waals surface area contributed by atoms with Gasteiger partial charge < -0.3 is 14.6 Å². The number of ether oxygens (including phenoxy) is 2. The zero-order chi connectivity index (χ0) is 28.6. The number of allylic oxidation sites excluding steroid dienone is 2. The first-order valence-electron chi connectivity index (χ1n) is 15.9. The SMILES string of the molecule is CCOC(=O)COC(=O)[C@]12CC[C@@H](C)[C@H](C)[C@H]1C1=CC[C@@H]3[C@@]4(C)CC[C@H](O)C(C)(C)[C@@H]4CC[C@@]3(C)[C@]1(C)CC2. The third-order valence-electron chi connectivity index (χ3n) is 14.0. The Bertz CT molecular complexity index is 1030. The number of carbonyl (C=O) groups excluding carboxylic acids is 2. The maximum absolute atomic E-state index is 13.9. The minimum atomic E-state index is -0.551. The molecule has 1 N–H and O–H groups in total. The molecule has 0 aromatic rings. The molecule has 0 bridgehead atoms. The van der Waals surface area contributed by atoms with E-state index in [9.17, 15) is 14.7 Å². The molecule has 0 spiro atoms. The molecule has 4 saturated carbocycles. The van der Waals surface area contributed by atoms with E-state index < -0.39 is 11.4 Å². The fourth-order valence-electron chi connectivity index (χ4n) is 11.3. The van der Waals surface area contributed by atoms with Crippen LogP contribution in [-0.2, 0) is 19.1 Å². The average molecular weight is 543 g/mol. The van der Waals surface area contributed by atoms with Crippen molar-refractivity contribution >= 4 is 11.9 Å². The molecule has 5 rings (SSSR count). The topological polar surface area (TPSA) is 72.8 Å². The minimum absolute atomic E-state index is 0.0327. The number of aliphatic hydroxyl groups excluding tert-OH is 1. The second kappa shape index (κ2) is 9.60. The molecule has 0 unspecified atom stereocenters. The molecule has 0 saturated heterocycles. The van der Waals surface area contributed by atoms with Gasteiger partial charge in [0.05, 0.1) is 18.1 Å². The van der Waals surface area contributed by atoms with E-state index in [0.29, 0.717) is 30.3 Å². The first-order valence-corrected chi connectivity index (χ1v) is 15.9. The molecule has 0 aromatic carbocycles. The molecule has 5 aliphatic carbocycles. The average Bonchev–Trinajstić information content (AvgIpc) is 2.88. The van der Waals surface area contributed by atoms with E-state index in [1.54, 1.807) is 6.92 Å². The lowest BCUT2D eigenvalue weighted by atomic mass is 9.33. The van der Waals surface area contributed by atoms with Crippen LogP contribution in [0.2, 0.25) is 0 Å². The van der Waals surface area contributed by atoms with E-state index in [4.69, 9.17) is 9.47 Å². The Morgan fingerprint density at radius 3 is 2.33 bits per heavy atom. The van der Waals surface area contributed by atoms with Crippen LogP contribution < -0.4 is 0 Å².